The van der Waals surface area contributed by atoms with Crippen LogP contribution in [0.15, 0.2) is 200 Å². The van der Waals surface area contributed by atoms with E-state index in [1.807, 2.05) is 0 Å². The molecule has 0 saturated heterocycles. The van der Waals surface area contributed by atoms with Gasteiger partial charge in [-0.05, 0) is 101 Å². The summed E-state index contributed by atoms with van der Waals surface area (Å²) in [4.78, 5) is 0. The highest BCUT2D eigenvalue weighted by Crippen LogP contribution is 2.43. The van der Waals surface area contributed by atoms with Crippen molar-refractivity contribution in [2.24, 2.45) is 0 Å². The van der Waals surface area contributed by atoms with Crippen LogP contribution < -0.4 is 0 Å². The first-order valence-electron chi connectivity index (χ1n) is 18.9. The SMILES string of the molecule is c1ccc(-n2c3ccc(-c4ccc5c(c4)c4ccccc4n5-c4ccc5ccccc5c4)cc3c3c2ccc2c4ccccc4n(-c4ccccc4)c23)cc1. The Labute approximate surface area is 317 Å². The maximum Gasteiger partial charge on any atom is 0.0641 e. The van der Waals surface area contributed by atoms with E-state index < -0.39 is 0 Å². The van der Waals surface area contributed by atoms with Gasteiger partial charge in [-0.2, -0.15) is 0 Å². The number of nitrogens with zero attached hydrogens (tertiary/aromatic N) is 3. The van der Waals surface area contributed by atoms with Gasteiger partial charge >= 0.3 is 0 Å². The highest BCUT2D eigenvalue weighted by Gasteiger charge is 2.22. The minimum Gasteiger partial charge on any atom is -0.309 e. The number of benzene rings is 9. The van der Waals surface area contributed by atoms with Crippen LogP contribution in [0.1, 0.15) is 0 Å². The van der Waals surface area contributed by atoms with Crippen molar-refractivity contribution in [3.05, 3.63) is 200 Å². The molecule has 256 valence electrons. The van der Waals surface area contributed by atoms with E-state index in [9.17, 15) is 0 Å². The Hall–Kier alpha value is -7.36. The molecule has 0 aliphatic heterocycles. The number of aromatic nitrogens is 3. The van der Waals surface area contributed by atoms with Crippen molar-refractivity contribution in [3.8, 4) is 28.2 Å². The number of hydrogen-bond donors (Lipinski definition) is 0. The molecule has 12 aromatic rings. The molecular weight excluding hydrogens is 667 g/mol. The maximum absolute atomic E-state index is 2.46. The van der Waals surface area contributed by atoms with Crippen LogP contribution in [0.3, 0.4) is 0 Å². The highest BCUT2D eigenvalue weighted by atomic mass is 15.0. The van der Waals surface area contributed by atoms with Crippen molar-refractivity contribution >= 4 is 76.2 Å². The van der Waals surface area contributed by atoms with Gasteiger partial charge < -0.3 is 13.7 Å². The molecule has 0 unspecified atom stereocenters. The van der Waals surface area contributed by atoms with E-state index in [2.05, 4.69) is 214 Å². The number of rotatable bonds is 4. The topological polar surface area (TPSA) is 14.8 Å². The van der Waals surface area contributed by atoms with Crippen molar-refractivity contribution < 1.29 is 0 Å². The zero-order valence-electron chi connectivity index (χ0n) is 29.9. The Morgan fingerprint density at radius 1 is 0.255 bits per heavy atom. The second kappa shape index (κ2) is 11.6. The van der Waals surface area contributed by atoms with Gasteiger partial charge in [0.05, 0.1) is 33.1 Å². The van der Waals surface area contributed by atoms with Crippen molar-refractivity contribution in [1.29, 1.82) is 0 Å². The van der Waals surface area contributed by atoms with Crippen LogP contribution in [0.5, 0.6) is 0 Å². The molecule has 3 nitrogen and oxygen atoms in total. The van der Waals surface area contributed by atoms with E-state index in [4.69, 9.17) is 0 Å². The van der Waals surface area contributed by atoms with E-state index in [0.29, 0.717) is 0 Å². The van der Waals surface area contributed by atoms with E-state index in [-0.39, 0.29) is 0 Å². The maximum atomic E-state index is 2.46. The molecule has 55 heavy (non-hydrogen) atoms. The molecule has 0 aliphatic carbocycles. The molecule has 0 atom stereocenters. The lowest BCUT2D eigenvalue weighted by atomic mass is 10.00. The first-order chi connectivity index (χ1) is 27.3. The standard InChI is InChI=1S/C52H33N3/c1-3-15-38(16-4-1)53-49-29-25-37(33-45(49)51-50(53)30-27-43-41-19-9-12-22-47(41)55(52(43)51)39-17-5-2-6-18-39)36-24-28-48-44(32-36)42-20-10-11-21-46(42)54(48)40-26-23-34-13-7-8-14-35(34)31-40/h1-33H. The normalized spacial score (nSPS) is 12.0. The summed E-state index contributed by atoms with van der Waals surface area (Å²) in [6.45, 7) is 0. The Kier molecular flexibility index (Phi) is 6.34. The quantitative estimate of drug-likeness (QED) is 0.174. The number of fused-ring (bicyclic) bond motifs is 11. The second-order valence-electron chi connectivity index (χ2n) is 14.6. The van der Waals surface area contributed by atoms with Crippen LogP contribution in [0, 0.1) is 0 Å². The molecule has 0 amide bonds. The fourth-order valence-electron chi connectivity index (χ4n) is 9.19. The van der Waals surface area contributed by atoms with Crippen LogP contribution >= 0.6 is 0 Å². The molecule has 0 N–H and O–H groups in total. The fourth-order valence-corrected chi connectivity index (χ4v) is 9.19. The first kappa shape index (κ1) is 30.1. The third-order valence-corrected chi connectivity index (χ3v) is 11.6. The summed E-state index contributed by atoms with van der Waals surface area (Å²) < 4.78 is 7.31. The highest BCUT2D eigenvalue weighted by molar-refractivity contribution is 6.26. The molecular formula is C52H33N3. The van der Waals surface area contributed by atoms with Gasteiger partial charge in [-0.1, -0.05) is 121 Å². The zero-order chi connectivity index (χ0) is 36.0. The molecule has 0 radical (unpaired) electrons. The van der Waals surface area contributed by atoms with E-state index in [1.165, 1.54) is 93.0 Å². The third-order valence-electron chi connectivity index (χ3n) is 11.6. The van der Waals surface area contributed by atoms with Crippen LogP contribution in [0.4, 0.5) is 0 Å². The van der Waals surface area contributed by atoms with E-state index in [0.717, 1.165) is 11.4 Å². The zero-order valence-corrected chi connectivity index (χ0v) is 29.9. The predicted octanol–water partition coefficient (Wildman–Crippen LogP) is 13.8. The largest absolute Gasteiger partial charge is 0.309 e. The molecule has 0 bridgehead atoms. The third kappa shape index (κ3) is 4.38. The summed E-state index contributed by atoms with van der Waals surface area (Å²) in [6, 6.07) is 73.2. The summed E-state index contributed by atoms with van der Waals surface area (Å²) >= 11 is 0. The molecule has 3 aromatic heterocycles. The fraction of sp³-hybridized carbons (Fsp3) is 0. The number of para-hydroxylation sites is 4. The Morgan fingerprint density at radius 2 is 0.764 bits per heavy atom. The van der Waals surface area contributed by atoms with Crippen LogP contribution in [0.25, 0.3) is 104 Å². The average Bonchev–Trinajstić information content (AvgIpc) is 3.89. The van der Waals surface area contributed by atoms with Crippen molar-refractivity contribution in [1.82, 2.24) is 13.7 Å². The second-order valence-corrected chi connectivity index (χ2v) is 14.6. The van der Waals surface area contributed by atoms with Gasteiger partial charge in [0, 0.05) is 49.4 Å². The lowest BCUT2D eigenvalue weighted by Crippen LogP contribution is -1.95. The summed E-state index contributed by atoms with van der Waals surface area (Å²) in [5.41, 5.74) is 13.1. The van der Waals surface area contributed by atoms with Crippen molar-refractivity contribution in [2.45, 2.75) is 0 Å². The summed E-state index contributed by atoms with van der Waals surface area (Å²) in [7, 11) is 0. The van der Waals surface area contributed by atoms with Crippen LogP contribution in [0.2, 0.25) is 0 Å². The molecule has 0 spiro atoms. The molecule has 3 heterocycles. The van der Waals surface area contributed by atoms with Crippen LogP contribution in [-0.2, 0) is 0 Å². The molecule has 12 rings (SSSR count). The van der Waals surface area contributed by atoms with Gasteiger partial charge in [0.25, 0.3) is 0 Å². The summed E-state index contributed by atoms with van der Waals surface area (Å²) in [5.74, 6) is 0. The van der Waals surface area contributed by atoms with Gasteiger partial charge in [-0.15, -0.1) is 0 Å². The molecule has 0 aliphatic rings. The van der Waals surface area contributed by atoms with Crippen molar-refractivity contribution in [3.63, 3.8) is 0 Å². The summed E-state index contributed by atoms with van der Waals surface area (Å²) in [5, 5.41) is 10.0. The van der Waals surface area contributed by atoms with Gasteiger partial charge in [0.15, 0.2) is 0 Å². The molecule has 0 fully saturated rings. The van der Waals surface area contributed by atoms with Crippen molar-refractivity contribution in [2.75, 3.05) is 0 Å². The Morgan fingerprint density at radius 3 is 1.49 bits per heavy atom. The molecule has 0 saturated carbocycles. The van der Waals surface area contributed by atoms with Gasteiger partial charge in [0.2, 0.25) is 0 Å². The monoisotopic (exact) mass is 699 g/mol. The van der Waals surface area contributed by atoms with Gasteiger partial charge in [-0.3, -0.25) is 0 Å². The van der Waals surface area contributed by atoms with Gasteiger partial charge in [-0.25, -0.2) is 0 Å². The lowest BCUT2D eigenvalue weighted by molar-refractivity contribution is 1.17. The minimum absolute atomic E-state index is 1.15. The first-order valence-corrected chi connectivity index (χ1v) is 18.9. The Bertz CT molecular complexity index is 3470. The van der Waals surface area contributed by atoms with E-state index >= 15 is 0 Å². The molecule has 3 heteroatoms. The van der Waals surface area contributed by atoms with E-state index in [1.54, 1.807) is 0 Å². The lowest BCUT2D eigenvalue weighted by Gasteiger charge is -2.10. The Balaban J connectivity index is 1.14. The minimum atomic E-state index is 1.15. The summed E-state index contributed by atoms with van der Waals surface area (Å²) in [6.07, 6.45) is 0. The predicted molar refractivity (Wildman–Crippen MR) is 232 cm³/mol. The smallest absolute Gasteiger partial charge is 0.0641 e. The van der Waals surface area contributed by atoms with Crippen LogP contribution in [-0.4, -0.2) is 13.7 Å². The van der Waals surface area contributed by atoms with Gasteiger partial charge in [0.1, 0.15) is 0 Å². The average molecular weight is 700 g/mol. The molecule has 9 aromatic carbocycles. The number of hydrogen-bond acceptors (Lipinski definition) is 0.